The Morgan fingerprint density at radius 3 is 2.06 bits per heavy atom. The number of esters is 1. The largest absolute Gasteiger partial charge is 0.465 e. The summed E-state index contributed by atoms with van der Waals surface area (Å²) in [6.45, 7) is 1.13. The summed E-state index contributed by atoms with van der Waals surface area (Å²) >= 11 is 15.7. The van der Waals surface area contributed by atoms with Gasteiger partial charge in [-0.2, -0.15) is 0 Å². The van der Waals surface area contributed by atoms with Crippen molar-refractivity contribution in [2.24, 2.45) is 0 Å². The van der Waals surface area contributed by atoms with Crippen molar-refractivity contribution in [3.63, 3.8) is 0 Å². The minimum absolute atomic E-state index is 0.356. The number of halogens is 3. The third-order valence-corrected chi connectivity index (χ3v) is 1.90. The van der Waals surface area contributed by atoms with E-state index >= 15 is 0 Å². The van der Waals surface area contributed by atoms with E-state index in [0.717, 1.165) is 20.2 Å². The van der Waals surface area contributed by atoms with E-state index in [9.17, 15) is 14.4 Å². The number of hydrogen-bond donors (Lipinski definition) is 1. The monoisotopic (exact) mass is 287 g/mol. The number of ketones is 1. The minimum Gasteiger partial charge on any atom is -0.465 e. The third kappa shape index (κ3) is 4.83. The highest BCUT2D eigenvalue weighted by molar-refractivity contribution is 6.76. The lowest BCUT2D eigenvalue weighted by molar-refractivity contribution is -0.137. The van der Waals surface area contributed by atoms with E-state index in [4.69, 9.17) is 34.8 Å². The summed E-state index contributed by atoms with van der Waals surface area (Å²) in [5.41, 5.74) is -0.356. The van der Waals surface area contributed by atoms with Crippen LogP contribution in [0.5, 0.6) is 0 Å². The first-order valence-corrected chi connectivity index (χ1v) is 5.00. The van der Waals surface area contributed by atoms with Gasteiger partial charge < -0.3 is 10.1 Å². The molecule has 0 saturated carbocycles. The Bertz CT molecular complexity index is 346. The molecule has 0 fully saturated rings. The molecule has 0 unspecified atom stereocenters. The summed E-state index contributed by atoms with van der Waals surface area (Å²) in [6, 6.07) is 0. The zero-order chi connectivity index (χ0) is 12.9. The van der Waals surface area contributed by atoms with E-state index in [1.54, 1.807) is 0 Å². The smallest absolute Gasteiger partial charge is 0.342 e. The predicted octanol–water partition coefficient (Wildman–Crippen LogP) is 1.12. The number of alkyl halides is 3. The van der Waals surface area contributed by atoms with Crippen LogP contribution >= 0.6 is 34.8 Å². The van der Waals surface area contributed by atoms with E-state index in [-0.39, 0.29) is 5.57 Å². The number of carbonyl (C=O) groups excluding carboxylic acids is 3. The Morgan fingerprint density at radius 1 is 1.25 bits per heavy atom. The van der Waals surface area contributed by atoms with Crippen LogP contribution in [0.3, 0.4) is 0 Å². The lowest BCUT2D eigenvalue weighted by Crippen LogP contribution is -2.32. The van der Waals surface area contributed by atoms with Gasteiger partial charge in [0.15, 0.2) is 5.78 Å². The summed E-state index contributed by atoms with van der Waals surface area (Å²) in [6.07, 6.45) is 0.832. The Balaban J connectivity index is 4.79. The van der Waals surface area contributed by atoms with Crippen LogP contribution in [-0.4, -0.2) is 28.6 Å². The van der Waals surface area contributed by atoms with E-state index in [1.165, 1.54) is 0 Å². The van der Waals surface area contributed by atoms with Gasteiger partial charge in [0.1, 0.15) is 5.57 Å². The van der Waals surface area contributed by atoms with Crippen LogP contribution in [0.4, 0.5) is 0 Å². The van der Waals surface area contributed by atoms with Gasteiger partial charge in [-0.3, -0.25) is 9.59 Å². The molecular weight excluding hydrogens is 280 g/mol. The molecule has 0 rings (SSSR count). The summed E-state index contributed by atoms with van der Waals surface area (Å²) in [5.74, 6) is -2.46. The van der Waals surface area contributed by atoms with Crippen LogP contribution in [0.15, 0.2) is 11.8 Å². The van der Waals surface area contributed by atoms with Crippen LogP contribution in [0.2, 0.25) is 0 Å². The Kier molecular flexibility index (Phi) is 5.78. The van der Waals surface area contributed by atoms with Gasteiger partial charge in [0, 0.05) is 6.20 Å². The number of hydrogen-bond acceptors (Lipinski definition) is 4. The lowest BCUT2D eigenvalue weighted by atomic mass is 10.2. The first-order chi connectivity index (χ1) is 7.20. The van der Waals surface area contributed by atoms with Gasteiger partial charge in [-0.15, -0.1) is 0 Å². The van der Waals surface area contributed by atoms with Gasteiger partial charge in [-0.05, 0) is 6.92 Å². The normalized spacial score (nSPS) is 11.9. The van der Waals surface area contributed by atoms with Crippen molar-refractivity contribution in [1.82, 2.24) is 5.32 Å². The van der Waals surface area contributed by atoms with Crippen molar-refractivity contribution < 1.29 is 19.1 Å². The molecular formula is C8H8Cl3NO4. The maximum absolute atomic E-state index is 11.1. The summed E-state index contributed by atoms with van der Waals surface area (Å²) in [7, 11) is 1.09. The van der Waals surface area contributed by atoms with Crippen molar-refractivity contribution in [2.45, 2.75) is 10.7 Å². The molecule has 90 valence electrons. The minimum atomic E-state index is -2.17. The fourth-order valence-corrected chi connectivity index (χ4v) is 0.797. The second kappa shape index (κ2) is 6.08. The molecule has 1 amide bonds. The van der Waals surface area contributed by atoms with Gasteiger partial charge in [0.05, 0.1) is 7.11 Å². The molecule has 0 aromatic heterocycles. The molecule has 0 radical (unpaired) electrons. The zero-order valence-electron chi connectivity index (χ0n) is 8.34. The second-order valence-electron chi connectivity index (χ2n) is 2.58. The topological polar surface area (TPSA) is 72.5 Å². The molecule has 0 aliphatic rings. The highest BCUT2D eigenvalue weighted by atomic mass is 35.6. The van der Waals surface area contributed by atoms with Gasteiger partial charge in [-0.25, -0.2) is 4.79 Å². The zero-order valence-corrected chi connectivity index (χ0v) is 10.6. The van der Waals surface area contributed by atoms with Crippen molar-refractivity contribution in [3.8, 4) is 0 Å². The van der Waals surface area contributed by atoms with Gasteiger partial charge in [0.2, 0.25) is 0 Å². The molecule has 0 spiro atoms. The van der Waals surface area contributed by atoms with Crippen LogP contribution < -0.4 is 5.32 Å². The molecule has 0 atom stereocenters. The number of nitrogens with one attached hydrogen (secondary N) is 1. The van der Waals surface area contributed by atoms with Crippen molar-refractivity contribution >= 4 is 52.5 Å². The Hall–Kier alpha value is -0.780. The molecule has 0 aliphatic heterocycles. The van der Waals surface area contributed by atoms with Crippen molar-refractivity contribution in [1.29, 1.82) is 0 Å². The fourth-order valence-electron chi connectivity index (χ4n) is 0.634. The third-order valence-electron chi connectivity index (χ3n) is 1.39. The molecule has 0 bridgehead atoms. The fraction of sp³-hybridized carbons (Fsp3) is 0.375. The first kappa shape index (κ1) is 15.2. The standard InChI is InChI=1S/C8H8Cl3NO4/c1-4(13)5(6(14)16-2)3-12-7(15)8(9,10)11/h3H,1-2H3,(H,12,15)/b5-3-. The highest BCUT2D eigenvalue weighted by Gasteiger charge is 2.30. The van der Waals surface area contributed by atoms with Crippen LogP contribution in [-0.2, 0) is 19.1 Å². The lowest BCUT2D eigenvalue weighted by Gasteiger charge is -2.09. The number of amides is 1. The van der Waals surface area contributed by atoms with Crippen LogP contribution in [0.25, 0.3) is 0 Å². The second-order valence-corrected chi connectivity index (χ2v) is 4.86. The number of Topliss-reactive ketones (excluding diaryl/α,β-unsaturated/α-hetero) is 1. The van der Waals surface area contributed by atoms with Crippen molar-refractivity contribution in [2.75, 3.05) is 7.11 Å². The molecule has 0 aromatic rings. The Labute approximate surface area is 107 Å². The molecule has 16 heavy (non-hydrogen) atoms. The maximum Gasteiger partial charge on any atom is 0.342 e. The number of carbonyl (C=O) groups is 3. The molecule has 8 heteroatoms. The first-order valence-electron chi connectivity index (χ1n) is 3.87. The molecule has 0 aliphatic carbocycles. The average molecular weight is 289 g/mol. The van der Waals surface area contributed by atoms with E-state index in [1.807, 2.05) is 5.32 Å². The van der Waals surface area contributed by atoms with Crippen LogP contribution in [0.1, 0.15) is 6.92 Å². The molecule has 5 nitrogen and oxygen atoms in total. The van der Waals surface area contributed by atoms with Crippen molar-refractivity contribution in [3.05, 3.63) is 11.8 Å². The van der Waals surface area contributed by atoms with Gasteiger partial charge >= 0.3 is 5.97 Å². The van der Waals surface area contributed by atoms with Gasteiger partial charge in [-0.1, -0.05) is 34.8 Å². The van der Waals surface area contributed by atoms with E-state index < -0.39 is 21.5 Å². The van der Waals surface area contributed by atoms with E-state index in [0.29, 0.717) is 0 Å². The van der Waals surface area contributed by atoms with Crippen LogP contribution in [0, 0.1) is 0 Å². The molecule has 0 heterocycles. The van der Waals surface area contributed by atoms with E-state index in [2.05, 4.69) is 4.74 Å². The van der Waals surface area contributed by atoms with Gasteiger partial charge in [0.25, 0.3) is 9.70 Å². The summed E-state index contributed by atoms with van der Waals surface area (Å²) in [4.78, 5) is 33.1. The highest BCUT2D eigenvalue weighted by Crippen LogP contribution is 2.25. The number of methoxy groups -OCH3 is 1. The molecule has 0 saturated heterocycles. The maximum atomic E-state index is 11.1. The predicted molar refractivity (Wildman–Crippen MR) is 59.2 cm³/mol. The molecule has 1 N–H and O–H groups in total. The SMILES string of the molecule is COC(=O)/C(=C\NC(=O)C(Cl)(Cl)Cl)C(C)=O. The number of ether oxygens (including phenoxy) is 1. The summed E-state index contributed by atoms with van der Waals surface area (Å²) < 4.78 is 2.14. The quantitative estimate of drug-likeness (QED) is 0.278. The Morgan fingerprint density at radius 2 is 1.75 bits per heavy atom. The molecule has 0 aromatic carbocycles. The number of rotatable bonds is 3. The summed E-state index contributed by atoms with van der Waals surface area (Å²) in [5, 5.41) is 2.00. The average Bonchev–Trinajstić information content (AvgIpc) is 2.15.